The summed E-state index contributed by atoms with van der Waals surface area (Å²) < 4.78 is 63.2. The van der Waals surface area contributed by atoms with E-state index in [0.717, 1.165) is 12.8 Å². The maximum Gasteiger partial charge on any atom is 0.394 e. The lowest BCUT2D eigenvalue weighted by atomic mass is 10.1. The smallest absolute Gasteiger partial charge is 0.394 e. The maximum absolute atomic E-state index is 10.1. The summed E-state index contributed by atoms with van der Waals surface area (Å²) in [5.41, 5.74) is 10.4. The van der Waals surface area contributed by atoms with E-state index < -0.39 is 32.8 Å². The van der Waals surface area contributed by atoms with Gasteiger partial charge in [-0.15, -0.1) is 0 Å². The number of unbranched alkanes of at least 4 members (excludes halogenated alkanes) is 1. The van der Waals surface area contributed by atoms with Gasteiger partial charge >= 0.3 is 26.8 Å². The zero-order valence-electron chi connectivity index (χ0n) is 11.7. The lowest BCUT2D eigenvalue weighted by molar-refractivity contribution is -0.138. The molecule has 0 aliphatic heterocycles. The fourth-order valence-corrected chi connectivity index (χ4v) is 0.632. The SMILES string of the molecule is NCCCC[C@H](N)C(=O)O.O.O.O.O=S(=O)(O)O.O=S(=O)(O)O. The number of rotatable bonds is 5. The zero-order valence-corrected chi connectivity index (χ0v) is 13.3. The molecule has 0 aromatic rings. The molecule has 0 rings (SSSR count). The largest absolute Gasteiger partial charge is 0.480 e. The lowest BCUT2D eigenvalue weighted by Gasteiger charge is -2.03. The number of nitrogens with two attached hydrogens (primary N) is 2. The predicted molar refractivity (Wildman–Crippen MR) is 77.7 cm³/mol. The average Bonchev–Trinajstić information content (AvgIpc) is 2.12. The van der Waals surface area contributed by atoms with E-state index in [1.54, 1.807) is 0 Å². The summed E-state index contributed by atoms with van der Waals surface area (Å²) in [5, 5.41) is 8.33. The highest BCUT2D eigenvalue weighted by atomic mass is 32.3. The third-order valence-corrected chi connectivity index (χ3v) is 1.29. The van der Waals surface area contributed by atoms with Gasteiger partial charge in [-0.05, 0) is 19.4 Å². The van der Waals surface area contributed by atoms with Crippen molar-refractivity contribution >= 4 is 26.8 Å². The molecule has 0 unspecified atom stereocenters. The molecule has 0 amide bonds. The normalized spacial score (nSPS) is 10.7. The Bertz CT molecular complexity index is 401. The summed E-state index contributed by atoms with van der Waals surface area (Å²) in [6.07, 6.45) is 2.16. The number of carboxylic acids is 1. The molecule has 17 heteroatoms. The van der Waals surface area contributed by atoms with Gasteiger partial charge in [-0.1, -0.05) is 6.42 Å². The van der Waals surface area contributed by atoms with E-state index >= 15 is 0 Å². The summed E-state index contributed by atoms with van der Waals surface area (Å²) in [6, 6.07) is -0.716. The van der Waals surface area contributed by atoms with Crippen LogP contribution in [0.1, 0.15) is 19.3 Å². The van der Waals surface area contributed by atoms with E-state index in [0.29, 0.717) is 13.0 Å². The number of carbonyl (C=O) groups is 1. The monoisotopic (exact) mass is 396 g/mol. The number of carboxylic acid groups (broad SMARTS) is 1. The van der Waals surface area contributed by atoms with E-state index in [1.807, 2.05) is 0 Å². The Morgan fingerprint density at radius 3 is 1.30 bits per heavy atom. The fourth-order valence-electron chi connectivity index (χ4n) is 0.632. The van der Waals surface area contributed by atoms with Gasteiger partial charge in [0.1, 0.15) is 6.04 Å². The molecule has 0 spiro atoms. The van der Waals surface area contributed by atoms with Crippen molar-refractivity contribution < 1.29 is 61.4 Å². The van der Waals surface area contributed by atoms with Gasteiger partial charge in [-0.3, -0.25) is 23.0 Å². The van der Waals surface area contributed by atoms with Gasteiger partial charge in [0.05, 0.1) is 0 Å². The number of aliphatic carboxylic acids is 1. The molecule has 148 valence electrons. The summed E-state index contributed by atoms with van der Waals surface area (Å²) in [6.45, 7) is 0.604. The average molecular weight is 396 g/mol. The molecule has 23 heavy (non-hydrogen) atoms. The first kappa shape index (κ1) is 37.9. The molecule has 0 bridgehead atoms. The van der Waals surface area contributed by atoms with Crippen molar-refractivity contribution in [3.05, 3.63) is 0 Å². The van der Waals surface area contributed by atoms with Crippen molar-refractivity contribution in [1.29, 1.82) is 0 Å². The second kappa shape index (κ2) is 19.1. The van der Waals surface area contributed by atoms with Crippen LogP contribution in [0.25, 0.3) is 0 Å². The molecule has 0 aromatic carbocycles. The first-order valence-electron chi connectivity index (χ1n) is 4.76. The standard InChI is InChI=1S/C6H14N2O2.2H2O4S.3H2O/c7-4-2-1-3-5(8)6(9)10;2*1-5(2,3)4;;;/h5H,1-4,7-8H2,(H,9,10);2*(H2,1,2,3,4);3*1H2/t5-;;;;;/m0...../s1. The van der Waals surface area contributed by atoms with Crippen molar-refractivity contribution in [2.45, 2.75) is 25.3 Å². The minimum Gasteiger partial charge on any atom is -0.480 e. The van der Waals surface area contributed by atoms with E-state index in [4.69, 9.17) is 51.6 Å². The van der Waals surface area contributed by atoms with Crippen LogP contribution in [0.4, 0.5) is 0 Å². The molecule has 0 radical (unpaired) electrons. The molecule has 15 N–H and O–H groups in total. The minimum atomic E-state index is -4.67. The quantitative estimate of drug-likeness (QED) is 0.171. The molecule has 15 nitrogen and oxygen atoms in total. The van der Waals surface area contributed by atoms with Crippen molar-refractivity contribution in [2.24, 2.45) is 11.5 Å². The molecule has 0 aliphatic rings. The van der Waals surface area contributed by atoms with Crippen LogP contribution in [0.15, 0.2) is 0 Å². The lowest BCUT2D eigenvalue weighted by Crippen LogP contribution is -2.29. The van der Waals surface area contributed by atoms with Crippen LogP contribution in [0, 0.1) is 0 Å². The molecule has 0 saturated carbocycles. The van der Waals surface area contributed by atoms with E-state index in [2.05, 4.69) is 0 Å². The zero-order chi connectivity index (χ0) is 17.0. The first-order chi connectivity index (χ1) is 8.68. The molecule has 0 aromatic heterocycles. The number of hydrogen-bond acceptors (Lipinski definition) is 7. The van der Waals surface area contributed by atoms with Gasteiger partial charge in [-0.25, -0.2) is 0 Å². The van der Waals surface area contributed by atoms with Crippen LogP contribution >= 0.6 is 0 Å². The van der Waals surface area contributed by atoms with Gasteiger partial charge in [0.15, 0.2) is 0 Å². The Hall–Kier alpha value is -0.990. The van der Waals surface area contributed by atoms with Crippen LogP contribution in [-0.4, -0.2) is 75.1 Å². The van der Waals surface area contributed by atoms with Gasteiger partial charge < -0.3 is 33.0 Å². The molecule has 0 aliphatic carbocycles. The predicted octanol–water partition coefficient (Wildman–Crippen LogP) is -4.25. The van der Waals surface area contributed by atoms with Crippen molar-refractivity contribution in [3.8, 4) is 0 Å². The summed E-state index contributed by atoms with van der Waals surface area (Å²) in [4.78, 5) is 10.1. The Morgan fingerprint density at radius 1 is 0.870 bits per heavy atom. The first-order valence-corrected chi connectivity index (χ1v) is 7.56. The highest BCUT2D eigenvalue weighted by molar-refractivity contribution is 7.80. The van der Waals surface area contributed by atoms with Gasteiger partial charge in [0, 0.05) is 0 Å². The van der Waals surface area contributed by atoms with Crippen LogP contribution in [0.5, 0.6) is 0 Å². The second-order valence-electron chi connectivity index (χ2n) is 3.12. The maximum atomic E-state index is 10.1. The van der Waals surface area contributed by atoms with Crippen LogP contribution in [-0.2, 0) is 25.6 Å². The Labute approximate surface area is 132 Å². The molecule has 0 saturated heterocycles. The topological polar surface area (TPSA) is 333 Å². The van der Waals surface area contributed by atoms with E-state index in [1.165, 1.54) is 0 Å². The Kier molecular flexibility index (Phi) is 31.4. The van der Waals surface area contributed by atoms with Crippen molar-refractivity contribution in [3.63, 3.8) is 0 Å². The van der Waals surface area contributed by atoms with Gasteiger partial charge in [0.25, 0.3) is 0 Å². The van der Waals surface area contributed by atoms with Crippen molar-refractivity contribution in [1.82, 2.24) is 0 Å². The summed E-state index contributed by atoms with van der Waals surface area (Å²) >= 11 is 0. The summed E-state index contributed by atoms with van der Waals surface area (Å²) in [5.74, 6) is -0.933. The Morgan fingerprint density at radius 2 is 1.13 bits per heavy atom. The van der Waals surface area contributed by atoms with Crippen LogP contribution in [0.2, 0.25) is 0 Å². The highest BCUT2D eigenvalue weighted by Crippen LogP contribution is 1.96. The minimum absolute atomic E-state index is 0. The van der Waals surface area contributed by atoms with Crippen LogP contribution < -0.4 is 11.5 Å². The third-order valence-electron chi connectivity index (χ3n) is 1.29. The van der Waals surface area contributed by atoms with E-state index in [-0.39, 0.29) is 16.4 Å². The van der Waals surface area contributed by atoms with Gasteiger partial charge in [-0.2, -0.15) is 16.8 Å². The second-order valence-corrected chi connectivity index (χ2v) is 4.92. The highest BCUT2D eigenvalue weighted by Gasteiger charge is 2.09. The van der Waals surface area contributed by atoms with Crippen molar-refractivity contribution in [2.75, 3.05) is 6.54 Å². The number of hydrogen-bond donors (Lipinski definition) is 7. The molecule has 1 atom stereocenters. The molecular weight excluding hydrogens is 372 g/mol. The molecular formula is C6H24N2O13S2. The Balaban J connectivity index is -0.0000000483. The molecule has 0 fully saturated rings. The van der Waals surface area contributed by atoms with Gasteiger partial charge in [0.2, 0.25) is 0 Å². The summed E-state index contributed by atoms with van der Waals surface area (Å²) in [7, 11) is -9.33. The fraction of sp³-hybridized carbons (Fsp3) is 0.833. The van der Waals surface area contributed by atoms with Crippen LogP contribution in [0.3, 0.4) is 0 Å². The third kappa shape index (κ3) is 118. The van der Waals surface area contributed by atoms with E-state index in [9.17, 15) is 4.79 Å². The molecule has 0 heterocycles.